The van der Waals surface area contributed by atoms with Gasteiger partial charge in [-0.3, -0.25) is 14.6 Å². The van der Waals surface area contributed by atoms with Crippen LogP contribution in [0.2, 0.25) is 5.02 Å². The van der Waals surface area contributed by atoms with Crippen molar-refractivity contribution in [2.24, 2.45) is 11.8 Å². The van der Waals surface area contributed by atoms with E-state index in [2.05, 4.69) is 20.2 Å². The van der Waals surface area contributed by atoms with Gasteiger partial charge in [0.25, 0.3) is 5.91 Å². The first-order valence-corrected chi connectivity index (χ1v) is 12.1. The number of sulfonamides is 1. The van der Waals surface area contributed by atoms with Crippen LogP contribution in [0.25, 0.3) is 10.9 Å². The molecule has 8 nitrogen and oxygen atoms in total. The lowest BCUT2D eigenvalue weighted by Gasteiger charge is -2.27. The van der Waals surface area contributed by atoms with E-state index in [1.54, 1.807) is 36.5 Å². The lowest BCUT2D eigenvalue weighted by molar-refractivity contribution is 0.0293. The number of anilines is 1. The third-order valence-electron chi connectivity index (χ3n) is 6.23. The van der Waals surface area contributed by atoms with E-state index in [1.165, 1.54) is 6.07 Å². The van der Waals surface area contributed by atoms with E-state index in [0.29, 0.717) is 29.1 Å². The smallest absolute Gasteiger partial charge is 0.251 e. The Bertz CT molecular complexity index is 1290. The summed E-state index contributed by atoms with van der Waals surface area (Å²) in [6.45, 7) is 0. The van der Waals surface area contributed by atoms with Crippen LogP contribution < -0.4 is 10.0 Å². The number of aromatic amines is 1. The molecule has 1 aromatic heterocycles. The Morgan fingerprint density at radius 3 is 2.71 bits per heavy atom. The zero-order valence-corrected chi connectivity index (χ0v) is 18.2. The number of H-pyrrole nitrogens is 1. The summed E-state index contributed by atoms with van der Waals surface area (Å²) in [6.07, 6.45) is 3.81. The molecule has 31 heavy (non-hydrogen) atoms. The van der Waals surface area contributed by atoms with Crippen molar-refractivity contribution in [2.45, 2.75) is 24.5 Å². The fourth-order valence-electron chi connectivity index (χ4n) is 4.87. The first-order chi connectivity index (χ1) is 14.6. The van der Waals surface area contributed by atoms with Crippen LogP contribution in [0.15, 0.2) is 42.6 Å². The summed E-state index contributed by atoms with van der Waals surface area (Å²) in [5, 5.41) is 22.7. The number of fused-ring (bicyclic) bond motifs is 2. The molecule has 3 aromatic rings. The molecular weight excluding hydrogens is 440 g/mol. The largest absolute Gasteiger partial charge is 0.385 e. The van der Waals surface area contributed by atoms with E-state index in [0.717, 1.165) is 22.7 Å². The number of benzene rings is 2. The second kappa shape index (κ2) is 6.94. The zero-order valence-electron chi connectivity index (χ0n) is 16.6. The molecule has 0 radical (unpaired) electrons. The number of hydrogen-bond acceptors (Lipinski definition) is 5. The lowest BCUT2D eigenvalue weighted by atomic mass is 9.86. The molecule has 1 heterocycles. The van der Waals surface area contributed by atoms with Crippen molar-refractivity contribution in [1.82, 2.24) is 15.5 Å². The summed E-state index contributed by atoms with van der Waals surface area (Å²) in [6, 6.07) is 9.92. The van der Waals surface area contributed by atoms with Gasteiger partial charge in [0.2, 0.25) is 10.0 Å². The molecule has 2 aromatic carbocycles. The van der Waals surface area contributed by atoms with Crippen molar-refractivity contribution in [3.8, 4) is 0 Å². The van der Waals surface area contributed by atoms with Crippen LogP contribution in [0, 0.1) is 11.8 Å². The average Bonchev–Trinajstić information content (AvgIpc) is 3.04. The van der Waals surface area contributed by atoms with Gasteiger partial charge in [-0.25, -0.2) is 8.42 Å². The Kier molecular flexibility index (Phi) is 4.55. The number of amides is 1. The Labute approximate surface area is 184 Å². The highest BCUT2D eigenvalue weighted by atomic mass is 35.5. The molecule has 1 unspecified atom stereocenters. The molecule has 2 aliphatic carbocycles. The molecule has 0 spiro atoms. The van der Waals surface area contributed by atoms with Gasteiger partial charge in [-0.1, -0.05) is 17.7 Å². The predicted octanol–water partition coefficient (Wildman–Crippen LogP) is 2.61. The van der Waals surface area contributed by atoms with Crippen LogP contribution in [0.1, 0.15) is 28.8 Å². The molecule has 5 rings (SSSR count). The Morgan fingerprint density at radius 1 is 1.26 bits per heavy atom. The van der Waals surface area contributed by atoms with Crippen molar-refractivity contribution in [1.29, 1.82) is 0 Å². The molecule has 4 N–H and O–H groups in total. The summed E-state index contributed by atoms with van der Waals surface area (Å²) in [5.41, 5.74) is 1.25. The van der Waals surface area contributed by atoms with Crippen molar-refractivity contribution in [3.63, 3.8) is 0 Å². The van der Waals surface area contributed by atoms with E-state index in [1.807, 2.05) is 0 Å². The normalized spacial score (nSPS) is 27.1. The second-order valence-corrected chi connectivity index (χ2v) is 10.7. The minimum absolute atomic E-state index is 0.0154. The fraction of sp³-hybridized carbons (Fsp3) is 0.333. The molecule has 2 fully saturated rings. The number of aromatic nitrogens is 2. The molecule has 10 heteroatoms. The van der Waals surface area contributed by atoms with E-state index in [-0.39, 0.29) is 23.8 Å². The van der Waals surface area contributed by atoms with Crippen molar-refractivity contribution in [2.75, 3.05) is 11.0 Å². The first-order valence-electron chi connectivity index (χ1n) is 9.87. The highest BCUT2D eigenvalue weighted by Gasteiger charge is 2.62. The van der Waals surface area contributed by atoms with Crippen LogP contribution in [0.4, 0.5) is 5.69 Å². The summed E-state index contributed by atoms with van der Waals surface area (Å²) >= 11 is 6.23. The molecule has 1 amide bonds. The van der Waals surface area contributed by atoms with Crippen LogP contribution in [0.3, 0.4) is 0 Å². The summed E-state index contributed by atoms with van der Waals surface area (Å²) in [4.78, 5) is 12.7. The minimum Gasteiger partial charge on any atom is -0.385 e. The highest BCUT2D eigenvalue weighted by molar-refractivity contribution is 7.92. The lowest BCUT2D eigenvalue weighted by Crippen LogP contribution is -2.33. The standard InChI is InChI=1S/C21H21ClN4O4S/c1-31(29,30)26-13-4-2-3-11(5-13)20(27)24-19-14-8-21(28,9-15(14)19)17-6-12(22)7-18-16(17)10-23-25-18/h2-7,10,14-15,19,26,28H,8-9H2,1H3,(H,23,25)(H,24,27)/t14-,15+,19?,21+. The van der Waals surface area contributed by atoms with Gasteiger partial charge in [0.05, 0.1) is 23.6 Å². The maximum atomic E-state index is 12.7. The molecule has 0 aliphatic heterocycles. The fourth-order valence-corrected chi connectivity index (χ4v) is 5.65. The van der Waals surface area contributed by atoms with Gasteiger partial charge in [0.15, 0.2) is 0 Å². The van der Waals surface area contributed by atoms with Crippen molar-refractivity contribution in [3.05, 3.63) is 58.7 Å². The van der Waals surface area contributed by atoms with Gasteiger partial charge < -0.3 is 10.4 Å². The van der Waals surface area contributed by atoms with Crippen LogP contribution >= 0.6 is 11.6 Å². The molecule has 2 saturated carbocycles. The van der Waals surface area contributed by atoms with Gasteiger partial charge in [-0.2, -0.15) is 5.10 Å². The molecular formula is C21H21ClN4O4S. The van der Waals surface area contributed by atoms with E-state index >= 15 is 0 Å². The van der Waals surface area contributed by atoms with Gasteiger partial charge in [0.1, 0.15) is 0 Å². The number of rotatable bonds is 5. The summed E-state index contributed by atoms with van der Waals surface area (Å²) < 4.78 is 25.2. The molecule has 0 saturated heterocycles. The number of carbonyl (C=O) groups excluding carboxylic acids is 1. The van der Waals surface area contributed by atoms with Crippen LogP contribution in [-0.4, -0.2) is 41.9 Å². The quantitative estimate of drug-likeness (QED) is 0.466. The van der Waals surface area contributed by atoms with Crippen molar-refractivity contribution < 1.29 is 18.3 Å². The predicted molar refractivity (Wildman–Crippen MR) is 117 cm³/mol. The Hall–Kier alpha value is -2.62. The van der Waals surface area contributed by atoms with Gasteiger partial charge in [-0.15, -0.1) is 0 Å². The van der Waals surface area contributed by atoms with Crippen LogP contribution in [-0.2, 0) is 15.6 Å². The number of nitrogens with one attached hydrogen (secondary N) is 3. The molecule has 2 aliphatic rings. The number of carbonyl (C=O) groups is 1. The maximum absolute atomic E-state index is 12.7. The monoisotopic (exact) mass is 460 g/mol. The number of nitrogens with zero attached hydrogens (tertiary/aromatic N) is 1. The van der Waals surface area contributed by atoms with E-state index < -0.39 is 15.6 Å². The second-order valence-electron chi connectivity index (χ2n) is 8.51. The molecule has 0 bridgehead atoms. The van der Waals surface area contributed by atoms with Gasteiger partial charge in [-0.05, 0) is 60.6 Å². The maximum Gasteiger partial charge on any atom is 0.251 e. The average molecular weight is 461 g/mol. The topological polar surface area (TPSA) is 124 Å². The van der Waals surface area contributed by atoms with Crippen LogP contribution in [0.5, 0.6) is 0 Å². The number of aliphatic hydroxyl groups is 1. The van der Waals surface area contributed by atoms with Crippen molar-refractivity contribution >= 4 is 44.1 Å². The first kappa shape index (κ1) is 20.3. The summed E-state index contributed by atoms with van der Waals surface area (Å²) in [5.74, 6) is 0.0829. The van der Waals surface area contributed by atoms with Gasteiger partial charge >= 0.3 is 0 Å². The third kappa shape index (κ3) is 3.77. The SMILES string of the molecule is CS(=O)(=O)Nc1cccc(C(=O)NC2[C@H]3C[C@](O)(c4cc(Cl)cc5[nH]ncc45)C[C@@H]23)c1. The van der Waals surface area contributed by atoms with E-state index in [9.17, 15) is 18.3 Å². The zero-order chi connectivity index (χ0) is 22.0. The minimum atomic E-state index is -3.42. The number of halogens is 1. The molecule has 4 atom stereocenters. The Balaban J connectivity index is 1.28. The molecule has 162 valence electrons. The number of hydrogen-bond donors (Lipinski definition) is 4. The van der Waals surface area contributed by atoms with E-state index in [4.69, 9.17) is 11.6 Å². The third-order valence-corrected chi connectivity index (χ3v) is 7.05. The highest BCUT2D eigenvalue weighted by Crippen LogP contribution is 2.60. The summed E-state index contributed by atoms with van der Waals surface area (Å²) in [7, 11) is -3.42. The Morgan fingerprint density at radius 2 is 2.00 bits per heavy atom. The van der Waals surface area contributed by atoms with Gasteiger partial charge in [0, 0.05) is 27.7 Å².